The van der Waals surface area contributed by atoms with Gasteiger partial charge in [0.1, 0.15) is 22.8 Å². The standard InChI is InChI=1S/C23H25FN8O4/c1-23(2,3)36-22(35)31(4)16(19-28-12-15(30-19)18(26)33)11-17(25)29-14-8-6-10-32(21(14)34)20-13(24)7-5-9-27-20/h5-12H,1-4H3,(H2,25,29)(H2,26,33)(H,28,30)/b16-11+. The summed E-state index contributed by atoms with van der Waals surface area (Å²) in [5, 5.41) is 0. The number of aromatic nitrogens is 4. The number of H-pyrrole nitrogens is 1. The Morgan fingerprint density at radius 3 is 2.56 bits per heavy atom. The molecule has 0 saturated heterocycles. The van der Waals surface area contributed by atoms with Crippen LogP contribution in [0, 0.1) is 5.82 Å². The summed E-state index contributed by atoms with van der Waals surface area (Å²) in [7, 11) is 1.40. The number of halogens is 1. The Bertz CT molecular complexity index is 1420. The number of aromatic amines is 1. The number of amidine groups is 1. The number of primary amides is 1. The van der Waals surface area contributed by atoms with Crippen LogP contribution in [0.25, 0.3) is 11.5 Å². The summed E-state index contributed by atoms with van der Waals surface area (Å²) in [5.41, 5.74) is 9.85. The molecule has 3 aromatic rings. The second-order valence-electron chi connectivity index (χ2n) is 8.49. The molecule has 2 amide bonds. The van der Waals surface area contributed by atoms with Gasteiger partial charge in [0.15, 0.2) is 17.5 Å². The van der Waals surface area contributed by atoms with Crippen LogP contribution in [0.3, 0.4) is 0 Å². The SMILES string of the molecule is CN(C(=O)OC(C)(C)C)/C(=C/C(N)=Nc1cccn(-c2ncccc2F)c1=O)c1ncc(C(N)=O)[nH]1. The van der Waals surface area contributed by atoms with Crippen molar-refractivity contribution >= 4 is 29.2 Å². The van der Waals surface area contributed by atoms with Gasteiger partial charge in [0.25, 0.3) is 11.5 Å². The number of aliphatic imine (C=N–C) groups is 1. The highest BCUT2D eigenvalue weighted by Gasteiger charge is 2.25. The zero-order valence-corrected chi connectivity index (χ0v) is 20.0. The average Bonchev–Trinajstić information content (AvgIpc) is 3.28. The molecule has 0 bridgehead atoms. The number of nitrogens with zero attached hydrogens (tertiary/aromatic N) is 5. The lowest BCUT2D eigenvalue weighted by molar-refractivity contribution is 0.0387. The highest BCUT2D eigenvalue weighted by atomic mass is 19.1. The number of nitrogens with two attached hydrogens (primary N) is 2. The maximum absolute atomic E-state index is 14.2. The smallest absolute Gasteiger partial charge is 0.414 e. The zero-order valence-electron chi connectivity index (χ0n) is 20.0. The molecule has 0 saturated carbocycles. The van der Waals surface area contributed by atoms with Crippen molar-refractivity contribution in [2.24, 2.45) is 16.5 Å². The predicted molar refractivity (Wildman–Crippen MR) is 130 cm³/mol. The van der Waals surface area contributed by atoms with Crippen LogP contribution < -0.4 is 17.0 Å². The first-order valence-corrected chi connectivity index (χ1v) is 10.6. The van der Waals surface area contributed by atoms with Crippen molar-refractivity contribution in [3.05, 3.63) is 76.6 Å². The fraction of sp³-hybridized carbons (Fsp3) is 0.217. The number of rotatable bonds is 6. The number of amides is 2. The second kappa shape index (κ2) is 10.2. The lowest BCUT2D eigenvalue weighted by atomic mass is 10.2. The van der Waals surface area contributed by atoms with Crippen molar-refractivity contribution in [2.45, 2.75) is 26.4 Å². The molecule has 0 aliphatic rings. The summed E-state index contributed by atoms with van der Waals surface area (Å²) in [4.78, 5) is 53.0. The zero-order chi connectivity index (χ0) is 26.6. The fourth-order valence-corrected chi connectivity index (χ4v) is 2.93. The molecule has 0 aliphatic carbocycles. The van der Waals surface area contributed by atoms with Crippen molar-refractivity contribution < 1.29 is 18.7 Å². The molecule has 12 nitrogen and oxygen atoms in total. The molecule has 0 aromatic carbocycles. The van der Waals surface area contributed by atoms with Gasteiger partial charge in [-0.05, 0) is 45.0 Å². The van der Waals surface area contributed by atoms with E-state index in [1.54, 1.807) is 20.8 Å². The average molecular weight is 497 g/mol. The predicted octanol–water partition coefficient (Wildman–Crippen LogP) is 2.09. The first-order valence-electron chi connectivity index (χ1n) is 10.6. The molecule has 3 aromatic heterocycles. The van der Waals surface area contributed by atoms with Crippen LogP contribution in [0.5, 0.6) is 0 Å². The van der Waals surface area contributed by atoms with E-state index < -0.39 is 29.0 Å². The van der Waals surface area contributed by atoms with E-state index in [4.69, 9.17) is 16.2 Å². The van der Waals surface area contributed by atoms with Crippen molar-refractivity contribution in [1.29, 1.82) is 0 Å². The van der Waals surface area contributed by atoms with Gasteiger partial charge in [-0.1, -0.05) is 0 Å². The Morgan fingerprint density at radius 1 is 1.22 bits per heavy atom. The summed E-state index contributed by atoms with van der Waals surface area (Å²) in [5.74, 6) is -1.79. The molecule has 0 fully saturated rings. The number of ether oxygens (including phenoxy) is 1. The van der Waals surface area contributed by atoms with Gasteiger partial charge in [-0.25, -0.2) is 24.1 Å². The van der Waals surface area contributed by atoms with Gasteiger partial charge < -0.3 is 21.2 Å². The minimum absolute atomic E-state index is 0.00710. The molecule has 0 unspecified atom stereocenters. The topological polar surface area (TPSA) is 175 Å². The number of pyridine rings is 2. The maximum Gasteiger partial charge on any atom is 0.414 e. The van der Waals surface area contributed by atoms with E-state index in [0.717, 1.165) is 9.47 Å². The Hall–Kier alpha value is -4.81. The summed E-state index contributed by atoms with van der Waals surface area (Å²) >= 11 is 0. The van der Waals surface area contributed by atoms with E-state index in [1.807, 2.05) is 0 Å². The minimum Gasteiger partial charge on any atom is -0.443 e. The lowest BCUT2D eigenvalue weighted by Gasteiger charge is -2.25. The van der Waals surface area contributed by atoms with Crippen molar-refractivity contribution in [3.63, 3.8) is 0 Å². The van der Waals surface area contributed by atoms with Crippen LogP contribution in [0.2, 0.25) is 0 Å². The summed E-state index contributed by atoms with van der Waals surface area (Å²) < 4.78 is 20.5. The monoisotopic (exact) mass is 496 g/mol. The van der Waals surface area contributed by atoms with Gasteiger partial charge in [0.05, 0.1) is 11.9 Å². The Balaban J connectivity index is 2.06. The largest absolute Gasteiger partial charge is 0.443 e. The summed E-state index contributed by atoms with van der Waals surface area (Å²) in [6.45, 7) is 5.09. The van der Waals surface area contributed by atoms with Crippen LogP contribution in [0.4, 0.5) is 14.9 Å². The number of imidazole rings is 1. The van der Waals surface area contributed by atoms with Crippen molar-refractivity contribution in [1.82, 2.24) is 24.4 Å². The fourth-order valence-electron chi connectivity index (χ4n) is 2.93. The van der Waals surface area contributed by atoms with Gasteiger partial charge in [0.2, 0.25) is 0 Å². The Kier molecular flexibility index (Phi) is 7.32. The molecule has 188 valence electrons. The number of nitrogens with one attached hydrogen (secondary N) is 1. The Morgan fingerprint density at radius 2 is 1.94 bits per heavy atom. The molecule has 5 N–H and O–H groups in total. The van der Waals surface area contributed by atoms with E-state index >= 15 is 0 Å². The van der Waals surface area contributed by atoms with Gasteiger partial charge in [-0.3, -0.25) is 19.1 Å². The lowest BCUT2D eigenvalue weighted by Crippen LogP contribution is -2.34. The molecule has 0 radical (unpaired) electrons. The van der Waals surface area contributed by atoms with E-state index in [-0.39, 0.29) is 34.6 Å². The number of carbonyl (C=O) groups is 2. The molecule has 3 rings (SSSR count). The van der Waals surface area contributed by atoms with Crippen molar-refractivity contribution in [3.8, 4) is 5.82 Å². The van der Waals surface area contributed by atoms with Gasteiger partial charge in [-0.2, -0.15) is 0 Å². The number of hydrogen-bond acceptors (Lipinski definition) is 7. The van der Waals surface area contributed by atoms with Crippen LogP contribution in [0.15, 0.2) is 58.7 Å². The molecule has 0 spiro atoms. The first kappa shape index (κ1) is 25.8. The third kappa shape index (κ3) is 6.00. The van der Waals surface area contributed by atoms with Crippen molar-refractivity contribution in [2.75, 3.05) is 7.05 Å². The highest BCUT2D eigenvalue weighted by Crippen LogP contribution is 2.19. The third-order valence-corrected chi connectivity index (χ3v) is 4.54. The normalized spacial score (nSPS) is 12.4. The Labute approximate surface area is 205 Å². The molecule has 0 atom stereocenters. The quantitative estimate of drug-likeness (QED) is 0.346. The summed E-state index contributed by atoms with van der Waals surface area (Å²) in [6, 6.07) is 5.43. The van der Waals surface area contributed by atoms with Crippen LogP contribution in [-0.2, 0) is 4.74 Å². The molecule has 3 heterocycles. The van der Waals surface area contributed by atoms with Gasteiger partial charge in [-0.15, -0.1) is 0 Å². The number of carbonyl (C=O) groups excluding carboxylic acids is 2. The first-order chi connectivity index (χ1) is 16.9. The van der Waals surface area contributed by atoms with E-state index in [2.05, 4.69) is 19.9 Å². The molecule has 0 aliphatic heterocycles. The van der Waals surface area contributed by atoms with Crippen LogP contribution in [-0.4, -0.2) is 54.9 Å². The number of hydrogen-bond donors (Lipinski definition) is 3. The van der Waals surface area contributed by atoms with E-state index in [9.17, 15) is 18.8 Å². The van der Waals surface area contributed by atoms with E-state index in [0.29, 0.717) is 0 Å². The maximum atomic E-state index is 14.2. The molecule has 13 heteroatoms. The van der Waals surface area contributed by atoms with Crippen LogP contribution in [0.1, 0.15) is 37.1 Å². The van der Waals surface area contributed by atoms with E-state index in [1.165, 1.54) is 56.0 Å². The summed E-state index contributed by atoms with van der Waals surface area (Å²) in [6.07, 6.45) is 4.39. The van der Waals surface area contributed by atoms with Gasteiger partial charge >= 0.3 is 6.09 Å². The second-order valence-corrected chi connectivity index (χ2v) is 8.49. The molecule has 36 heavy (non-hydrogen) atoms. The highest BCUT2D eigenvalue weighted by molar-refractivity contribution is 6.00. The van der Waals surface area contributed by atoms with Gasteiger partial charge in [0, 0.05) is 25.5 Å². The molecular weight excluding hydrogens is 471 g/mol. The molecular formula is C23H25FN8O4. The van der Waals surface area contributed by atoms with Crippen LogP contribution >= 0.6 is 0 Å². The minimum atomic E-state index is -0.798. The third-order valence-electron chi connectivity index (χ3n) is 4.54.